The normalized spacial score (nSPS) is 10.9. The molecular weight excluding hydrogens is 478 g/mol. The lowest BCUT2D eigenvalue weighted by molar-refractivity contribution is -0.384. The number of halogens is 1. The van der Waals surface area contributed by atoms with Crippen LogP contribution in [0.15, 0.2) is 67.3 Å². The highest BCUT2D eigenvalue weighted by Gasteiger charge is 2.18. The number of nitro benzene ring substituents is 1. The first-order valence-electron chi connectivity index (χ1n) is 10.2. The van der Waals surface area contributed by atoms with Crippen molar-refractivity contribution in [3.05, 3.63) is 82.9 Å². The molecule has 0 spiro atoms. The van der Waals surface area contributed by atoms with Crippen molar-refractivity contribution in [3.8, 4) is 5.75 Å². The molecule has 11 heteroatoms. The lowest BCUT2D eigenvalue weighted by Gasteiger charge is -2.18. The third-order valence-electron chi connectivity index (χ3n) is 4.96. The molecule has 2 aromatic heterocycles. The number of non-ortho nitro benzene ring substituents is 1. The number of aromatic nitrogens is 3. The molecule has 176 valence electrons. The van der Waals surface area contributed by atoms with Crippen molar-refractivity contribution in [2.24, 2.45) is 0 Å². The number of anilines is 1. The molecule has 2 heterocycles. The maximum Gasteiger partial charge on any atom is 0.269 e. The number of nitrogens with zero attached hydrogens (tertiary/aromatic N) is 5. The topological polar surface area (TPSA) is 103 Å². The van der Waals surface area contributed by atoms with E-state index in [1.54, 1.807) is 42.7 Å². The van der Waals surface area contributed by atoms with Crippen LogP contribution in [0.1, 0.15) is 12.0 Å². The number of aryl methyl sites for hydroxylation is 1. The lowest BCUT2D eigenvalue weighted by Crippen LogP contribution is -2.30. The van der Waals surface area contributed by atoms with E-state index in [9.17, 15) is 14.9 Å². The summed E-state index contributed by atoms with van der Waals surface area (Å²) in [6.07, 6.45) is 9.16. The molecule has 0 saturated carbocycles. The maximum absolute atomic E-state index is 13.1. The Bertz CT molecular complexity index is 1290. The van der Waals surface area contributed by atoms with E-state index >= 15 is 0 Å². The number of benzene rings is 2. The number of carbonyl (C=O) groups excluding carboxylic acids is 1. The fourth-order valence-electron chi connectivity index (χ4n) is 3.23. The molecule has 0 bridgehead atoms. The molecule has 0 aliphatic heterocycles. The summed E-state index contributed by atoms with van der Waals surface area (Å²) in [5, 5.41) is 11.4. The molecule has 2 aromatic carbocycles. The number of imidazole rings is 1. The number of thiazole rings is 1. The average molecular weight is 500 g/mol. The Balaban J connectivity index is 0.00000324. The van der Waals surface area contributed by atoms with Crippen LogP contribution in [0.25, 0.3) is 16.3 Å². The Morgan fingerprint density at radius 3 is 2.74 bits per heavy atom. The van der Waals surface area contributed by atoms with Crippen molar-refractivity contribution in [2.75, 3.05) is 18.6 Å². The van der Waals surface area contributed by atoms with Crippen molar-refractivity contribution in [1.82, 2.24) is 14.5 Å². The van der Waals surface area contributed by atoms with Crippen molar-refractivity contribution >= 4 is 56.8 Å². The second-order valence-electron chi connectivity index (χ2n) is 7.16. The number of nitro groups is 1. The van der Waals surface area contributed by atoms with Crippen molar-refractivity contribution in [3.63, 3.8) is 0 Å². The van der Waals surface area contributed by atoms with Crippen LogP contribution in [0.4, 0.5) is 10.8 Å². The van der Waals surface area contributed by atoms with Gasteiger partial charge in [0.2, 0.25) is 0 Å². The van der Waals surface area contributed by atoms with Gasteiger partial charge in [0.05, 0.1) is 28.6 Å². The number of fused-ring (bicyclic) bond motifs is 1. The smallest absolute Gasteiger partial charge is 0.269 e. The zero-order valence-corrected chi connectivity index (χ0v) is 19.9. The van der Waals surface area contributed by atoms with Gasteiger partial charge in [0, 0.05) is 43.7 Å². The summed E-state index contributed by atoms with van der Waals surface area (Å²) in [6.45, 7) is 1.19. The predicted molar refractivity (Wildman–Crippen MR) is 135 cm³/mol. The van der Waals surface area contributed by atoms with Gasteiger partial charge in [-0.3, -0.25) is 19.8 Å². The minimum Gasteiger partial charge on any atom is -0.497 e. The first-order valence-corrected chi connectivity index (χ1v) is 11.0. The van der Waals surface area contributed by atoms with Gasteiger partial charge in [0.15, 0.2) is 5.13 Å². The SMILES string of the molecule is COc1ccc2nc(N(CCCn3ccnc3)C(=O)/C=C/c3ccc([N+](=O)[O-])cc3)sc2c1.Cl. The number of rotatable bonds is 9. The van der Waals surface area contributed by atoms with Gasteiger partial charge in [0.1, 0.15) is 5.75 Å². The van der Waals surface area contributed by atoms with Crippen LogP contribution >= 0.6 is 23.7 Å². The molecule has 0 radical (unpaired) electrons. The van der Waals surface area contributed by atoms with E-state index in [4.69, 9.17) is 4.74 Å². The van der Waals surface area contributed by atoms with Gasteiger partial charge >= 0.3 is 0 Å². The number of methoxy groups -OCH3 is 1. The predicted octanol–water partition coefficient (Wildman–Crippen LogP) is 4.97. The zero-order valence-electron chi connectivity index (χ0n) is 18.2. The van der Waals surface area contributed by atoms with Gasteiger partial charge in [-0.05, 0) is 48.4 Å². The van der Waals surface area contributed by atoms with E-state index in [1.807, 2.05) is 29.0 Å². The maximum atomic E-state index is 13.1. The van der Waals surface area contributed by atoms with Gasteiger partial charge in [-0.2, -0.15) is 0 Å². The van der Waals surface area contributed by atoms with Crippen LogP contribution in [0, 0.1) is 10.1 Å². The molecule has 9 nitrogen and oxygen atoms in total. The summed E-state index contributed by atoms with van der Waals surface area (Å²) < 4.78 is 8.18. The molecule has 4 rings (SSSR count). The summed E-state index contributed by atoms with van der Waals surface area (Å²) in [5.41, 5.74) is 1.49. The highest BCUT2D eigenvalue weighted by molar-refractivity contribution is 7.22. The van der Waals surface area contributed by atoms with E-state index in [0.29, 0.717) is 30.2 Å². The number of hydrogen-bond donors (Lipinski definition) is 0. The highest BCUT2D eigenvalue weighted by Crippen LogP contribution is 2.32. The summed E-state index contributed by atoms with van der Waals surface area (Å²) in [7, 11) is 1.61. The monoisotopic (exact) mass is 499 g/mol. The molecule has 4 aromatic rings. The molecule has 0 fully saturated rings. The zero-order chi connectivity index (χ0) is 23.2. The second-order valence-corrected chi connectivity index (χ2v) is 8.17. The molecule has 0 saturated heterocycles. The highest BCUT2D eigenvalue weighted by atomic mass is 35.5. The number of hydrogen-bond acceptors (Lipinski definition) is 7. The van der Waals surface area contributed by atoms with Crippen LogP contribution in [-0.4, -0.2) is 39.0 Å². The van der Waals surface area contributed by atoms with E-state index < -0.39 is 4.92 Å². The Morgan fingerprint density at radius 1 is 1.26 bits per heavy atom. The van der Waals surface area contributed by atoms with Crippen LogP contribution in [0.5, 0.6) is 5.75 Å². The number of amides is 1. The van der Waals surface area contributed by atoms with E-state index in [1.165, 1.54) is 29.5 Å². The van der Waals surface area contributed by atoms with Gasteiger partial charge in [-0.25, -0.2) is 9.97 Å². The summed E-state index contributed by atoms with van der Waals surface area (Å²) in [6, 6.07) is 11.6. The standard InChI is InChI=1S/C23H21N5O4S.ClH/c1-32-19-8-9-20-21(15-19)33-23(25-20)27(13-2-12-26-14-11-24-16-26)22(29)10-5-17-3-6-18(7-4-17)28(30)31;/h3-11,14-16H,2,12-13H2,1H3;1H/b10-5+;. The van der Waals surface area contributed by atoms with Gasteiger partial charge in [0.25, 0.3) is 11.6 Å². The fraction of sp³-hybridized carbons (Fsp3) is 0.174. The van der Waals surface area contributed by atoms with Crippen LogP contribution < -0.4 is 9.64 Å². The lowest BCUT2D eigenvalue weighted by atomic mass is 10.2. The first kappa shape index (κ1) is 24.9. The largest absolute Gasteiger partial charge is 0.497 e. The van der Waals surface area contributed by atoms with Gasteiger partial charge < -0.3 is 9.30 Å². The Hall–Kier alpha value is -3.76. The molecular formula is C23H22ClN5O4S. The first-order chi connectivity index (χ1) is 16.0. The summed E-state index contributed by atoms with van der Waals surface area (Å²) in [4.78, 5) is 33.9. The number of carbonyl (C=O) groups is 1. The Labute approximate surface area is 205 Å². The minimum atomic E-state index is -0.456. The van der Waals surface area contributed by atoms with Crippen LogP contribution in [-0.2, 0) is 11.3 Å². The van der Waals surface area contributed by atoms with Gasteiger partial charge in [-0.15, -0.1) is 12.4 Å². The van der Waals surface area contributed by atoms with E-state index in [2.05, 4.69) is 9.97 Å². The molecule has 0 aliphatic rings. The van der Waals surface area contributed by atoms with Crippen molar-refractivity contribution < 1.29 is 14.5 Å². The van der Waals surface area contributed by atoms with Gasteiger partial charge in [-0.1, -0.05) is 11.3 Å². The number of ether oxygens (including phenoxy) is 1. The summed E-state index contributed by atoms with van der Waals surface area (Å²) in [5.74, 6) is 0.513. The van der Waals surface area contributed by atoms with E-state index in [0.717, 1.165) is 16.0 Å². The fourth-order valence-corrected chi connectivity index (χ4v) is 4.26. The minimum absolute atomic E-state index is 0. The molecule has 0 aliphatic carbocycles. The Morgan fingerprint density at radius 2 is 2.06 bits per heavy atom. The average Bonchev–Trinajstić information content (AvgIpc) is 3.49. The van der Waals surface area contributed by atoms with Crippen molar-refractivity contribution in [2.45, 2.75) is 13.0 Å². The molecule has 0 unspecified atom stereocenters. The molecule has 0 N–H and O–H groups in total. The third-order valence-corrected chi connectivity index (χ3v) is 6.00. The van der Waals surface area contributed by atoms with Crippen LogP contribution in [0.3, 0.4) is 0 Å². The van der Waals surface area contributed by atoms with Crippen LogP contribution in [0.2, 0.25) is 0 Å². The quantitative estimate of drug-likeness (QED) is 0.183. The third kappa shape index (κ3) is 5.97. The summed E-state index contributed by atoms with van der Waals surface area (Å²) >= 11 is 1.42. The second kappa shape index (κ2) is 11.4. The molecule has 1 amide bonds. The Kier molecular flexibility index (Phi) is 8.34. The molecule has 0 atom stereocenters. The molecule has 34 heavy (non-hydrogen) atoms. The van der Waals surface area contributed by atoms with E-state index in [-0.39, 0.29) is 24.0 Å². The van der Waals surface area contributed by atoms with Crippen molar-refractivity contribution in [1.29, 1.82) is 0 Å².